The molecule has 14 heavy (non-hydrogen) atoms. The maximum Gasteiger partial charge on any atom is 0.141 e. The second-order valence-electron chi connectivity index (χ2n) is 3.40. The van der Waals surface area contributed by atoms with E-state index < -0.39 is 6.17 Å². The topological polar surface area (TPSA) is 34.1 Å². The van der Waals surface area contributed by atoms with Crippen molar-refractivity contribution in [1.82, 2.24) is 10.3 Å². The predicted molar refractivity (Wildman–Crippen MR) is 50.6 cm³/mol. The first-order valence-electron chi connectivity index (χ1n) is 4.70. The molecular weight excluding hydrogens is 183 g/mol. The van der Waals surface area contributed by atoms with Crippen molar-refractivity contribution in [3.05, 3.63) is 30.1 Å². The Balaban J connectivity index is 1.82. The molecule has 4 heteroatoms. The molecule has 1 aromatic rings. The van der Waals surface area contributed by atoms with Crippen molar-refractivity contribution in [3.63, 3.8) is 0 Å². The molecule has 0 radical (unpaired) electrons. The van der Waals surface area contributed by atoms with Gasteiger partial charge in [-0.15, -0.1) is 0 Å². The molecule has 1 saturated heterocycles. The molecule has 1 N–H and O–H groups in total. The summed E-state index contributed by atoms with van der Waals surface area (Å²) in [5, 5.41) is 3.12. The van der Waals surface area contributed by atoms with Gasteiger partial charge in [0, 0.05) is 18.9 Å². The number of rotatable bonds is 3. The zero-order chi connectivity index (χ0) is 9.80. The average molecular weight is 196 g/mol. The van der Waals surface area contributed by atoms with Crippen LogP contribution in [0.15, 0.2) is 24.5 Å². The molecule has 2 atom stereocenters. The quantitative estimate of drug-likeness (QED) is 0.780. The lowest BCUT2D eigenvalue weighted by molar-refractivity contribution is 0.172. The second-order valence-corrected chi connectivity index (χ2v) is 3.40. The molecule has 2 unspecified atom stereocenters. The van der Waals surface area contributed by atoms with Crippen molar-refractivity contribution in [2.45, 2.75) is 18.8 Å². The van der Waals surface area contributed by atoms with Gasteiger partial charge in [-0.3, -0.25) is 4.98 Å². The Bertz CT molecular complexity index is 281. The summed E-state index contributed by atoms with van der Waals surface area (Å²) in [6.45, 7) is 1.34. The summed E-state index contributed by atoms with van der Waals surface area (Å²) >= 11 is 0. The molecule has 0 saturated carbocycles. The number of pyridine rings is 1. The van der Waals surface area contributed by atoms with Gasteiger partial charge in [-0.05, 0) is 17.7 Å². The third-order valence-corrected chi connectivity index (χ3v) is 2.33. The third kappa shape index (κ3) is 2.27. The number of alkyl halides is 1. The Kier molecular flexibility index (Phi) is 3.06. The van der Waals surface area contributed by atoms with Crippen LogP contribution in [0.5, 0.6) is 0 Å². The van der Waals surface area contributed by atoms with Crippen LogP contribution in [0.3, 0.4) is 0 Å². The van der Waals surface area contributed by atoms with E-state index in [9.17, 15) is 4.39 Å². The molecule has 1 aromatic heterocycles. The van der Waals surface area contributed by atoms with E-state index in [0.717, 1.165) is 5.56 Å². The van der Waals surface area contributed by atoms with Gasteiger partial charge in [0.1, 0.15) is 6.17 Å². The van der Waals surface area contributed by atoms with Crippen LogP contribution in [0, 0.1) is 0 Å². The van der Waals surface area contributed by atoms with E-state index in [1.165, 1.54) is 0 Å². The maximum atomic E-state index is 13.1. The van der Waals surface area contributed by atoms with E-state index in [1.807, 2.05) is 12.1 Å². The molecule has 0 spiro atoms. The molecule has 0 aromatic carbocycles. The summed E-state index contributed by atoms with van der Waals surface area (Å²) in [7, 11) is 0. The molecule has 2 heterocycles. The van der Waals surface area contributed by atoms with Crippen LogP contribution in [0.2, 0.25) is 0 Å². The van der Waals surface area contributed by atoms with E-state index in [4.69, 9.17) is 4.74 Å². The van der Waals surface area contributed by atoms with Crippen LogP contribution >= 0.6 is 0 Å². The van der Waals surface area contributed by atoms with Crippen molar-refractivity contribution >= 4 is 0 Å². The van der Waals surface area contributed by atoms with Gasteiger partial charge in [0.25, 0.3) is 0 Å². The lowest BCUT2D eigenvalue weighted by atomic mass is 10.2. The maximum absolute atomic E-state index is 13.1. The van der Waals surface area contributed by atoms with Crippen LogP contribution in [0.1, 0.15) is 5.56 Å². The number of nitrogens with zero attached hydrogens (tertiary/aromatic N) is 1. The number of aromatic nitrogens is 1. The average Bonchev–Trinajstić information content (AvgIpc) is 2.63. The monoisotopic (exact) mass is 196 g/mol. The molecule has 0 aliphatic carbocycles. The highest BCUT2D eigenvalue weighted by molar-refractivity contribution is 5.09. The Morgan fingerprint density at radius 1 is 1.43 bits per heavy atom. The smallest absolute Gasteiger partial charge is 0.141 e. The van der Waals surface area contributed by atoms with Crippen LogP contribution in [-0.4, -0.2) is 30.4 Å². The van der Waals surface area contributed by atoms with E-state index >= 15 is 0 Å². The van der Waals surface area contributed by atoms with E-state index in [0.29, 0.717) is 13.2 Å². The van der Waals surface area contributed by atoms with Gasteiger partial charge in [0.2, 0.25) is 0 Å². The number of nitrogens with one attached hydrogen (secondary N) is 1. The lowest BCUT2D eigenvalue weighted by Crippen LogP contribution is -2.36. The van der Waals surface area contributed by atoms with Gasteiger partial charge in [-0.1, -0.05) is 0 Å². The van der Waals surface area contributed by atoms with Crippen LogP contribution < -0.4 is 5.32 Å². The predicted octanol–water partition coefficient (Wildman–Crippen LogP) is 0.908. The summed E-state index contributed by atoms with van der Waals surface area (Å²) < 4.78 is 18.1. The minimum Gasteiger partial charge on any atom is -0.377 e. The van der Waals surface area contributed by atoms with Crippen molar-refractivity contribution in [3.8, 4) is 0 Å². The van der Waals surface area contributed by atoms with Gasteiger partial charge in [0.15, 0.2) is 0 Å². The fourth-order valence-electron chi connectivity index (χ4n) is 1.46. The van der Waals surface area contributed by atoms with E-state index in [1.54, 1.807) is 12.4 Å². The van der Waals surface area contributed by atoms with E-state index in [2.05, 4.69) is 10.3 Å². The van der Waals surface area contributed by atoms with Crippen LogP contribution in [-0.2, 0) is 11.3 Å². The molecule has 1 fully saturated rings. The molecule has 1 aliphatic heterocycles. The fourth-order valence-corrected chi connectivity index (χ4v) is 1.46. The Morgan fingerprint density at radius 2 is 2.21 bits per heavy atom. The molecule has 0 bridgehead atoms. The normalized spacial score (nSPS) is 26.6. The lowest BCUT2D eigenvalue weighted by Gasteiger charge is -2.12. The summed E-state index contributed by atoms with van der Waals surface area (Å²) in [4.78, 5) is 3.91. The van der Waals surface area contributed by atoms with Gasteiger partial charge in [-0.2, -0.15) is 0 Å². The highest BCUT2D eigenvalue weighted by Crippen LogP contribution is 2.09. The first-order chi connectivity index (χ1) is 6.86. The van der Waals surface area contributed by atoms with Gasteiger partial charge in [0.05, 0.1) is 19.3 Å². The Hall–Kier alpha value is -1.00. The minimum absolute atomic E-state index is 0.164. The molecule has 76 valence electrons. The van der Waals surface area contributed by atoms with Crippen molar-refractivity contribution in [1.29, 1.82) is 0 Å². The zero-order valence-corrected chi connectivity index (χ0v) is 7.82. The standard InChI is InChI=1S/C10H13FN2O/c11-9-6-14-7-10(9)13-5-8-1-3-12-4-2-8/h1-4,9-10,13H,5-7H2. The third-order valence-electron chi connectivity index (χ3n) is 2.33. The number of ether oxygens (including phenoxy) is 1. The van der Waals surface area contributed by atoms with Crippen molar-refractivity contribution < 1.29 is 9.13 Å². The number of hydrogen-bond acceptors (Lipinski definition) is 3. The van der Waals surface area contributed by atoms with Gasteiger partial charge >= 0.3 is 0 Å². The Morgan fingerprint density at radius 3 is 2.86 bits per heavy atom. The van der Waals surface area contributed by atoms with Gasteiger partial charge in [-0.25, -0.2) is 4.39 Å². The highest BCUT2D eigenvalue weighted by Gasteiger charge is 2.26. The van der Waals surface area contributed by atoms with Crippen LogP contribution in [0.4, 0.5) is 4.39 Å². The molecule has 0 amide bonds. The molecule has 1 aliphatic rings. The van der Waals surface area contributed by atoms with Crippen LogP contribution in [0.25, 0.3) is 0 Å². The summed E-state index contributed by atoms with van der Waals surface area (Å²) in [5.74, 6) is 0. The SMILES string of the molecule is FC1COCC1NCc1ccncc1. The zero-order valence-electron chi connectivity index (χ0n) is 7.82. The number of halogens is 1. The van der Waals surface area contributed by atoms with Crippen molar-refractivity contribution in [2.75, 3.05) is 13.2 Å². The first-order valence-corrected chi connectivity index (χ1v) is 4.70. The van der Waals surface area contributed by atoms with Crippen molar-refractivity contribution in [2.24, 2.45) is 0 Å². The second kappa shape index (κ2) is 4.48. The van der Waals surface area contributed by atoms with E-state index in [-0.39, 0.29) is 12.6 Å². The molecule has 2 rings (SSSR count). The fraction of sp³-hybridized carbons (Fsp3) is 0.500. The molecule has 3 nitrogen and oxygen atoms in total. The molecular formula is C10H13FN2O. The Labute approximate surface area is 82.3 Å². The first kappa shape index (κ1) is 9.55. The number of hydrogen-bond donors (Lipinski definition) is 1. The minimum atomic E-state index is -0.878. The van der Waals surface area contributed by atoms with Gasteiger partial charge < -0.3 is 10.1 Å². The summed E-state index contributed by atoms with van der Waals surface area (Å²) in [6, 6.07) is 3.66. The summed E-state index contributed by atoms with van der Waals surface area (Å²) in [5.41, 5.74) is 1.11. The summed E-state index contributed by atoms with van der Waals surface area (Å²) in [6.07, 6.45) is 2.58. The highest BCUT2D eigenvalue weighted by atomic mass is 19.1. The largest absolute Gasteiger partial charge is 0.377 e.